The summed E-state index contributed by atoms with van der Waals surface area (Å²) >= 11 is 1.85. The van der Waals surface area contributed by atoms with Crippen LogP contribution in [0.1, 0.15) is 13.8 Å². The molecule has 5 heterocycles. The quantitative estimate of drug-likeness (QED) is 0.167. The lowest BCUT2D eigenvalue weighted by Crippen LogP contribution is -1.93. The van der Waals surface area contributed by atoms with Crippen molar-refractivity contribution in [3.8, 4) is 61.6 Å². The van der Waals surface area contributed by atoms with Gasteiger partial charge in [0.05, 0.1) is 22.4 Å². The monoisotopic (exact) mass is 851 g/mol. The third-order valence-electron chi connectivity index (χ3n) is 12.5. The number of rotatable bonds is 6. The summed E-state index contributed by atoms with van der Waals surface area (Å²) in [7, 11) is 0. The molecular weight excluding hydrogens is 811 g/mol. The maximum absolute atomic E-state index is 6.45. The molecule has 0 atom stereocenters. The molecule has 0 aliphatic carbocycles. The van der Waals surface area contributed by atoms with Gasteiger partial charge in [-0.15, -0.1) is 11.3 Å². The summed E-state index contributed by atoms with van der Waals surface area (Å²) in [6.45, 7) is 4.00. The Labute approximate surface area is 380 Å². The highest BCUT2D eigenvalue weighted by Crippen LogP contribution is 2.43. The molecule has 0 saturated carbocycles. The predicted molar refractivity (Wildman–Crippen MR) is 275 cm³/mol. The molecule has 0 aliphatic rings. The molecule has 0 bridgehead atoms. The van der Waals surface area contributed by atoms with Crippen LogP contribution in [0.2, 0.25) is 0 Å². The van der Waals surface area contributed by atoms with E-state index in [1.807, 2.05) is 61.8 Å². The van der Waals surface area contributed by atoms with Gasteiger partial charge in [0, 0.05) is 70.9 Å². The minimum Gasteiger partial charge on any atom is -0.456 e. The van der Waals surface area contributed by atoms with Gasteiger partial charge in [-0.1, -0.05) is 117 Å². The van der Waals surface area contributed by atoms with E-state index in [1.54, 1.807) is 0 Å². The van der Waals surface area contributed by atoms with Crippen molar-refractivity contribution in [2.75, 3.05) is 0 Å². The van der Waals surface area contributed by atoms with E-state index in [0.717, 1.165) is 66.8 Å². The van der Waals surface area contributed by atoms with Gasteiger partial charge in [0.25, 0.3) is 0 Å². The van der Waals surface area contributed by atoms with E-state index >= 15 is 0 Å². The molecule has 13 aromatic rings. The number of thiophene rings is 1. The number of benzene rings is 8. The molecule has 0 amide bonds. The highest BCUT2D eigenvalue weighted by molar-refractivity contribution is 7.25. The van der Waals surface area contributed by atoms with Crippen LogP contribution in [-0.4, -0.2) is 14.5 Å². The Balaban J connectivity index is 0.00000219. The largest absolute Gasteiger partial charge is 0.456 e. The van der Waals surface area contributed by atoms with Gasteiger partial charge in [-0.25, -0.2) is 0 Å². The van der Waals surface area contributed by atoms with E-state index in [-0.39, 0.29) is 0 Å². The first-order valence-corrected chi connectivity index (χ1v) is 23.0. The maximum atomic E-state index is 6.45. The Morgan fingerprint density at radius 1 is 0.369 bits per heavy atom. The van der Waals surface area contributed by atoms with Crippen molar-refractivity contribution in [1.82, 2.24) is 14.5 Å². The maximum Gasteiger partial charge on any atom is 0.135 e. The Bertz CT molecular complexity index is 3920. The van der Waals surface area contributed by atoms with Crippen molar-refractivity contribution >= 4 is 75.3 Å². The van der Waals surface area contributed by atoms with E-state index in [9.17, 15) is 0 Å². The molecule has 8 aromatic carbocycles. The van der Waals surface area contributed by atoms with Gasteiger partial charge in [0.15, 0.2) is 0 Å². The van der Waals surface area contributed by atoms with Gasteiger partial charge < -0.3 is 8.98 Å². The van der Waals surface area contributed by atoms with Gasteiger partial charge in [0.1, 0.15) is 11.2 Å². The molecule has 5 heteroatoms. The number of nitrogens with zero attached hydrogens (tertiary/aromatic N) is 3. The minimum absolute atomic E-state index is 0.868. The molecular formula is C60H41N3OS. The van der Waals surface area contributed by atoms with Crippen molar-refractivity contribution in [3.63, 3.8) is 0 Å². The zero-order valence-corrected chi connectivity index (χ0v) is 36.7. The summed E-state index contributed by atoms with van der Waals surface area (Å²) in [5.74, 6) is 0. The highest BCUT2D eigenvalue weighted by Gasteiger charge is 2.18. The average molecular weight is 852 g/mol. The summed E-state index contributed by atoms with van der Waals surface area (Å²) in [5.41, 5.74) is 16.4. The fraction of sp³-hybridized carbons (Fsp3) is 0.0333. The van der Waals surface area contributed by atoms with Gasteiger partial charge in [-0.05, 0) is 130 Å². The van der Waals surface area contributed by atoms with E-state index in [0.29, 0.717) is 0 Å². The Morgan fingerprint density at radius 3 is 1.49 bits per heavy atom. The fourth-order valence-corrected chi connectivity index (χ4v) is 10.7. The number of furan rings is 1. The van der Waals surface area contributed by atoms with E-state index < -0.39 is 0 Å². The molecule has 0 radical (unpaired) electrons. The van der Waals surface area contributed by atoms with Crippen molar-refractivity contribution in [2.45, 2.75) is 13.8 Å². The van der Waals surface area contributed by atoms with Crippen LogP contribution in [0.4, 0.5) is 0 Å². The summed E-state index contributed by atoms with van der Waals surface area (Å²) in [5, 5.41) is 7.16. The van der Waals surface area contributed by atoms with Gasteiger partial charge in [0.2, 0.25) is 0 Å². The number of pyridine rings is 2. The molecule has 0 aliphatic heterocycles. The van der Waals surface area contributed by atoms with Crippen LogP contribution in [0.15, 0.2) is 217 Å². The van der Waals surface area contributed by atoms with Gasteiger partial charge in [-0.2, -0.15) is 0 Å². The summed E-state index contributed by atoms with van der Waals surface area (Å²) in [4.78, 5) is 9.35. The number of hydrogen-bond acceptors (Lipinski definition) is 4. The highest BCUT2D eigenvalue weighted by atomic mass is 32.1. The molecule has 4 nitrogen and oxygen atoms in total. The van der Waals surface area contributed by atoms with Crippen LogP contribution in [0.25, 0.3) is 125 Å². The standard InChI is InChI=1S/C58H35N3OS.C2H6/c1-3-13-43(51-16-7-9-29-59-51)41(11-1)38-20-25-55-47(33-38)48-35-40(23-26-56(48)62-55)61-53-18-6-5-15-45(53)46-31-36(19-24-54(46)61)37-21-27-57-49(32-37)50-34-39(22-28-58(50)63-57)42-12-2-4-14-44(42)52-17-8-10-30-60-52;1-2/h1-35H;1-2H3. The third kappa shape index (κ3) is 6.51. The number of fused-ring (bicyclic) bond motifs is 9. The van der Waals surface area contributed by atoms with Crippen LogP contribution in [0, 0.1) is 0 Å². The second kappa shape index (κ2) is 15.9. The molecule has 0 fully saturated rings. The van der Waals surface area contributed by atoms with Crippen LogP contribution >= 0.6 is 11.3 Å². The van der Waals surface area contributed by atoms with Crippen LogP contribution in [0.3, 0.4) is 0 Å². The minimum atomic E-state index is 0.868. The summed E-state index contributed by atoms with van der Waals surface area (Å²) in [6, 6.07) is 71.8. The smallest absolute Gasteiger partial charge is 0.135 e. The summed E-state index contributed by atoms with van der Waals surface area (Å²) in [6.07, 6.45) is 3.71. The lowest BCUT2D eigenvalue weighted by molar-refractivity contribution is 0.669. The lowest BCUT2D eigenvalue weighted by Gasteiger charge is -2.10. The molecule has 65 heavy (non-hydrogen) atoms. The van der Waals surface area contributed by atoms with Crippen molar-refractivity contribution in [1.29, 1.82) is 0 Å². The van der Waals surface area contributed by atoms with Crippen molar-refractivity contribution < 1.29 is 4.42 Å². The van der Waals surface area contributed by atoms with E-state index in [4.69, 9.17) is 4.42 Å². The molecule has 0 saturated heterocycles. The predicted octanol–water partition coefficient (Wildman–Crippen LogP) is 17.2. The lowest BCUT2D eigenvalue weighted by atomic mass is 9.95. The van der Waals surface area contributed by atoms with Crippen LogP contribution in [-0.2, 0) is 0 Å². The molecule has 0 unspecified atom stereocenters. The molecule has 5 aromatic heterocycles. The number of aromatic nitrogens is 3. The Hall–Kier alpha value is -8.12. The van der Waals surface area contributed by atoms with Crippen molar-refractivity contribution in [2.24, 2.45) is 0 Å². The third-order valence-corrected chi connectivity index (χ3v) is 13.7. The molecule has 308 valence electrons. The first kappa shape index (κ1) is 38.5. The SMILES string of the molecule is CC.c1ccc(-c2ccccc2-c2ccc3oc4ccc(-n5c6ccccc6c6cc(-c7ccc8sc9ccc(-c%10ccccc%10-c%10ccccn%10)cc9c8c7)ccc65)cc4c3c2)nc1. The van der Waals surface area contributed by atoms with Crippen LogP contribution in [0.5, 0.6) is 0 Å². The Morgan fingerprint density at radius 2 is 0.846 bits per heavy atom. The number of para-hydroxylation sites is 1. The second-order valence-electron chi connectivity index (χ2n) is 16.1. The summed E-state index contributed by atoms with van der Waals surface area (Å²) < 4.78 is 11.4. The second-order valence-corrected chi connectivity index (χ2v) is 17.2. The fourth-order valence-electron chi connectivity index (χ4n) is 9.59. The average Bonchev–Trinajstić information content (AvgIpc) is 4.05. The molecule has 0 spiro atoms. The normalized spacial score (nSPS) is 11.5. The first-order valence-electron chi connectivity index (χ1n) is 22.2. The molecule has 0 N–H and O–H groups in total. The van der Waals surface area contributed by atoms with Crippen LogP contribution < -0.4 is 0 Å². The Kier molecular flexibility index (Phi) is 9.43. The van der Waals surface area contributed by atoms with E-state index in [2.05, 4.69) is 190 Å². The zero-order chi connectivity index (χ0) is 43.4. The zero-order valence-electron chi connectivity index (χ0n) is 35.9. The van der Waals surface area contributed by atoms with Gasteiger partial charge in [-0.3, -0.25) is 9.97 Å². The van der Waals surface area contributed by atoms with E-state index in [1.165, 1.54) is 58.7 Å². The molecule has 13 rings (SSSR count). The number of hydrogen-bond donors (Lipinski definition) is 0. The topological polar surface area (TPSA) is 43.9 Å². The van der Waals surface area contributed by atoms with Gasteiger partial charge >= 0.3 is 0 Å². The first-order chi connectivity index (χ1) is 32.2. The van der Waals surface area contributed by atoms with Crippen molar-refractivity contribution in [3.05, 3.63) is 213 Å².